The van der Waals surface area contributed by atoms with Crippen molar-refractivity contribution in [1.82, 2.24) is 25.1 Å². The van der Waals surface area contributed by atoms with Crippen molar-refractivity contribution in [2.45, 2.75) is 12.2 Å². The zero-order chi connectivity index (χ0) is 34.9. The van der Waals surface area contributed by atoms with Crippen molar-refractivity contribution in [3.63, 3.8) is 0 Å². The predicted octanol–water partition coefficient (Wildman–Crippen LogP) is 4.64. The van der Waals surface area contributed by atoms with E-state index in [1.807, 2.05) is 7.05 Å². The van der Waals surface area contributed by atoms with Gasteiger partial charge in [-0.25, -0.2) is 9.37 Å². The number of hydrogen-bond donors (Lipinski definition) is 4. The first kappa shape index (κ1) is 34.0. The number of rotatable bonds is 7. The quantitative estimate of drug-likeness (QED) is 0.128. The molecule has 0 aliphatic carbocycles. The maximum atomic E-state index is 13.3. The molecule has 5 N–H and O–H groups in total. The maximum Gasteiger partial charge on any atom is 0.405 e. The van der Waals surface area contributed by atoms with Gasteiger partial charge in [0.15, 0.2) is 5.83 Å². The van der Waals surface area contributed by atoms with Gasteiger partial charge >= 0.3 is 6.18 Å². The number of nitrogens with zero attached hydrogens (tertiary/aromatic N) is 3. The van der Waals surface area contributed by atoms with E-state index < -0.39 is 30.4 Å². The number of aromatic nitrogens is 2. The van der Waals surface area contributed by atoms with Crippen molar-refractivity contribution < 1.29 is 31.9 Å². The zero-order valence-corrected chi connectivity index (χ0v) is 26.3. The fourth-order valence-corrected chi connectivity index (χ4v) is 5.55. The van der Waals surface area contributed by atoms with Crippen molar-refractivity contribution in [3.05, 3.63) is 77.2 Å². The second-order valence-corrected chi connectivity index (χ2v) is 11.3. The lowest BCUT2D eigenvalue weighted by Gasteiger charge is -2.37. The van der Waals surface area contributed by atoms with Gasteiger partial charge in [-0.15, -0.1) is 0 Å². The number of aryl methyl sites for hydroxylation is 1. The Kier molecular flexibility index (Phi) is 9.47. The minimum Gasteiger partial charge on any atom is -0.383 e. The SMILES string of the molecule is C=C(F)C(=O)Nc1ccc(-c2c(-c3ccc(C(=O)NCC(F)(F)F)c(Cl)c3)c3c(N)ncc(C#CC(=O)N4CC(NC)C4)c3n2C)cc1. The molecule has 0 atom stereocenters. The minimum atomic E-state index is -4.61. The van der Waals surface area contributed by atoms with E-state index in [4.69, 9.17) is 17.3 Å². The van der Waals surface area contributed by atoms with Gasteiger partial charge in [-0.05, 0) is 42.4 Å². The lowest BCUT2D eigenvalue weighted by Crippen LogP contribution is -2.58. The molecule has 248 valence electrons. The number of nitrogens with two attached hydrogens (primary N) is 1. The Morgan fingerprint density at radius 2 is 1.79 bits per heavy atom. The third-order valence-electron chi connectivity index (χ3n) is 7.73. The van der Waals surface area contributed by atoms with Crippen molar-refractivity contribution in [3.8, 4) is 34.2 Å². The van der Waals surface area contributed by atoms with Crippen LogP contribution in [0.1, 0.15) is 15.9 Å². The van der Waals surface area contributed by atoms with Crippen molar-refractivity contribution in [2.75, 3.05) is 37.7 Å². The van der Waals surface area contributed by atoms with Crippen LogP contribution < -0.4 is 21.7 Å². The highest BCUT2D eigenvalue weighted by Gasteiger charge is 2.30. The van der Waals surface area contributed by atoms with Gasteiger partial charge in [0.05, 0.1) is 32.7 Å². The van der Waals surface area contributed by atoms with Crippen LogP contribution in [0, 0.1) is 11.8 Å². The molecule has 0 unspecified atom stereocenters. The topological polar surface area (TPSA) is 134 Å². The number of alkyl halides is 3. The Morgan fingerprint density at radius 3 is 2.40 bits per heavy atom. The van der Waals surface area contributed by atoms with Gasteiger partial charge in [-0.2, -0.15) is 13.2 Å². The van der Waals surface area contributed by atoms with E-state index in [0.717, 1.165) is 0 Å². The number of halogens is 5. The average molecular weight is 682 g/mol. The molecule has 2 aromatic heterocycles. The molecule has 1 fully saturated rings. The van der Waals surface area contributed by atoms with E-state index in [-0.39, 0.29) is 34.0 Å². The molecule has 2 aromatic carbocycles. The van der Waals surface area contributed by atoms with Crippen molar-refractivity contribution in [2.24, 2.45) is 7.05 Å². The fourth-order valence-electron chi connectivity index (χ4n) is 5.29. The summed E-state index contributed by atoms with van der Waals surface area (Å²) in [6.45, 7) is 2.51. The van der Waals surface area contributed by atoms with Crippen LogP contribution in [0.25, 0.3) is 33.3 Å². The largest absolute Gasteiger partial charge is 0.405 e. The van der Waals surface area contributed by atoms with Gasteiger partial charge < -0.3 is 31.2 Å². The molecule has 1 aliphatic heterocycles. The average Bonchev–Trinajstić information content (AvgIpc) is 3.32. The number of hydrogen-bond acceptors (Lipinski definition) is 6. The Morgan fingerprint density at radius 1 is 1.12 bits per heavy atom. The first-order valence-corrected chi connectivity index (χ1v) is 14.7. The van der Waals surface area contributed by atoms with Gasteiger partial charge in [0.1, 0.15) is 12.4 Å². The summed E-state index contributed by atoms with van der Waals surface area (Å²) in [5.41, 5.74) is 9.53. The molecule has 1 saturated heterocycles. The van der Waals surface area contributed by atoms with Crippen LogP contribution in [0.15, 0.2) is 61.1 Å². The number of carbonyl (C=O) groups excluding carboxylic acids is 3. The maximum absolute atomic E-state index is 13.3. The molecule has 0 saturated carbocycles. The first-order chi connectivity index (χ1) is 22.7. The minimum absolute atomic E-state index is 0.104. The number of anilines is 2. The number of nitrogen functional groups attached to an aromatic ring is 1. The van der Waals surface area contributed by atoms with Crippen LogP contribution in [0.3, 0.4) is 0 Å². The molecule has 1 aliphatic rings. The lowest BCUT2D eigenvalue weighted by atomic mass is 9.96. The third kappa shape index (κ3) is 6.97. The van der Waals surface area contributed by atoms with E-state index in [2.05, 4.69) is 34.0 Å². The predicted molar refractivity (Wildman–Crippen MR) is 175 cm³/mol. The van der Waals surface area contributed by atoms with Crippen LogP contribution in [-0.2, 0) is 16.6 Å². The van der Waals surface area contributed by atoms with Gasteiger partial charge in [-0.3, -0.25) is 14.4 Å². The van der Waals surface area contributed by atoms with Gasteiger partial charge in [0.2, 0.25) is 0 Å². The fraction of sp³-hybridized carbons (Fsp3) is 0.212. The Labute approximate surface area is 276 Å². The molecule has 48 heavy (non-hydrogen) atoms. The standard InChI is InChI=1S/C33H28ClF4N7O3/c1-17(35)31(47)43-21-8-4-18(5-9-21)28-26(19-6-10-23(24(34)12-19)32(48)42-16-33(36,37)38)27-29(44(28)3)20(13-41-30(27)39)7-11-25(46)45-14-22(15-45)40-2/h4-6,8-10,12-13,22,40H,1,14-16H2,2-3H3,(H2,39,41)(H,42,48)(H,43,47). The summed E-state index contributed by atoms with van der Waals surface area (Å²) in [5, 5.41) is 7.60. The zero-order valence-electron chi connectivity index (χ0n) is 25.6. The number of carbonyl (C=O) groups is 3. The summed E-state index contributed by atoms with van der Waals surface area (Å²) in [4.78, 5) is 43.0. The van der Waals surface area contributed by atoms with Crippen LogP contribution in [0.2, 0.25) is 5.02 Å². The van der Waals surface area contributed by atoms with Crippen LogP contribution in [-0.4, -0.2) is 71.1 Å². The molecule has 0 radical (unpaired) electrons. The highest BCUT2D eigenvalue weighted by molar-refractivity contribution is 6.34. The van der Waals surface area contributed by atoms with Gasteiger partial charge in [0, 0.05) is 49.5 Å². The molecule has 5 rings (SSSR count). The highest BCUT2D eigenvalue weighted by atomic mass is 35.5. The number of amides is 3. The van der Waals surface area contributed by atoms with E-state index in [1.54, 1.807) is 46.1 Å². The smallest absolute Gasteiger partial charge is 0.383 e. The molecule has 4 aromatic rings. The first-order valence-electron chi connectivity index (χ1n) is 14.3. The van der Waals surface area contributed by atoms with E-state index >= 15 is 0 Å². The summed E-state index contributed by atoms with van der Waals surface area (Å²) in [6, 6.07) is 10.8. The Bertz CT molecular complexity index is 2030. The monoisotopic (exact) mass is 681 g/mol. The summed E-state index contributed by atoms with van der Waals surface area (Å²) in [7, 11) is 3.55. The lowest BCUT2D eigenvalue weighted by molar-refractivity contribution is -0.129. The van der Waals surface area contributed by atoms with Crippen LogP contribution in [0.4, 0.5) is 29.1 Å². The molecule has 0 spiro atoms. The molecule has 3 amide bonds. The normalized spacial score (nSPS) is 13.0. The number of pyridine rings is 1. The number of nitrogens with one attached hydrogen (secondary N) is 3. The van der Waals surface area contributed by atoms with E-state index in [9.17, 15) is 31.9 Å². The molecular formula is C33H28ClF4N7O3. The van der Waals surface area contributed by atoms with E-state index in [0.29, 0.717) is 51.9 Å². The summed E-state index contributed by atoms with van der Waals surface area (Å²) < 4.78 is 53.2. The van der Waals surface area contributed by atoms with Crippen LogP contribution in [0.5, 0.6) is 0 Å². The second kappa shape index (κ2) is 13.4. The van der Waals surface area contributed by atoms with Crippen molar-refractivity contribution >= 4 is 51.7 Å². The molecular weight excluding hydrogens is 654 g/mol. The summed E-state index contributed by atoms with van der Waals surface area (Å²) in [5.74, 6) is 2.16. The number of fused-ring (bicyclic) bond motifs is 1. The summed E-state index contributed by atoms with van der Waals surface area (Å²) in [6.07, 6.45) is -3.17. The summed E-state index contributed by atoms with van der Waals surface area (Å²) >= 11 is 6.46. The third-order valence-corrected chi connectivity index (χ3v) is 8.05. The molecule has 3 heterocycles. The van der Waals surface area contributed by atoms with E-state index in [1.165, 1.54) is 24.4 Å². The second-order valence-electron chi connectivity index (χ2n) is 10.9. The molecule has 15 heteroatoms. The van der Waals surface area contributed by atoms with Crippen molar-refractivity contribution in [1.29, 1.82) is 0 Å². The number of likely N-dealkylation sites (N-methyl/N-ethyl adjacent to an activating group) is 1. The van der Waals surface area contributed by atoms with Gasteiger partial charge in [-0.1, -0.05) is 42.3 Å². The highest BCUT2D eigenvalue weighted by Crippen LogP contribution is 2.44. The Hall–Kier alpha value is -5.39. The van der Waals surface area contributed by atoms with Gasteiger partial charge in [0.25, 0.3) is 17.7 Å². The molecule has 0 bridgehead atoms. The Balaban J connectivity index is 1.65. The molecule has 10 nitrogen and oxygen atoms in total. The number of benzene rings is 2. The number of likely N-dealkylation sites (tertiary alicyclic amines) is 1. The van der Waals surface area contributed by atoms with Crippen LogP contribution >= 0.6 is 11.6 Å².